The van der Waals surface area contributed by atoms with Crippen LogP contribution in [0.4, 0.5) is 5.69 Å². The lowest BCUT2D eigenvalue weighted by molar-refractivity contribution is -0.384. The summed E-state index contributed by atoms with van der Waals surface area (Å²) < 4.78 is 11.7. The zero-order valence-corrected chi connectivity index (χ0v) is 15.0. The number of allylic oxidation sites excluding steroid dienone is 1. The predicted molar refractivity (Wildman–Crippen MR) is 98.6 cm³/mol. The van der Waals surface area contributed by atoms with Crippen LogP contribution in [0.25, 0.3) is 6.08 Å². The minimum absolute atomic E-state index is 0.0364. The van der Waals surface area contributed by atoms with E-state index >= 15 is 0 Å². The van der Waals surface area contributed by atoms with Gasteiger partial charge < -0.3 is 9.47 Å². The molecule has 0 radical (unpaired) electrons. The molecule has 2 heterocycles. The number of non-ortho nitro benzene ring substituents is 1. The van der Waals surface area contributed by atoms with Crippen LogP contribution in [-0.2, 0) is 6.54 Å². The van der Waals surface area contributed by atoms with Crippen molar-refractivity contribution in [2.75, 3.05) is 6.73 Å². The van der Waals surface area contributed by atoms with E-state index in [1.807, 2.05) is 0 Å². The van der Waals surface area contributed by atoms with Crippen molar-refractivity contribution in [1.29, 1.82) is 0 Å². The van der Waals surface area contributed by atoms with Gasteiger partial charge >= 0.3 is 0 Å². The fraction of sp³-hybridized carbons (Fsp3) is 0.250. The average molecular weight is 366 g/mol. The highest BCUT2D eigenvalue weighted by Crippen LogP contribution is 2.42. The van der Waals surface area contributed by atoms with Gasteiger partial charge in [0.1, 0.15) is 18.2 Å². The normalized spacial score (nSPS) is 17.4. The van der Waals surface area contributed by atoms with Gasteiger partial charge in [-0.3, -0.25) is 19.8 Å². The fourth-order valence-corrected chi connectivity index (χ4v) is 3.19. The van der Waals surface area contributed by atoms with E-state index in [0.717, 1.165) is 11.3 Å². The second-order valence-electron chi connectivity index (χ2n) is 6.82. The van der Waals surface area contributed by atoms with Gasteiger partial charge in [0.2, 0.25) is 5.78 Å². The van der Waals surface area contributed by atoms with Crippen LogP contribution in [0.15, 0.2) is 42.2 Å². The van der Waals surface area contributed by atoms with E-state index in [4.69, 9.17) is 9.47 Å². The summed E-state index contributed by atoms with van der Waals surface area (Å²) in [6, 6.07) is 9.88. The van der Waals surface area contributed by atoms with Crippen molar-refractivity contribution in [3.8, 4) is 11.5 Å². The summed E-state index contributed by atoms with van der Waals surface area (Å²) >= 11 is 0. The number of nitro groups is 1. The number of fused-ring (bicyclic) bond motifs is 3. The quantitative estimate of drug-likeness (QED) is 0.467. The van der Waals surface area contributed by atoms with E-state index in [9.17, 15) is 14.9 Å². The summed E-state index contributed by atoms with van der Waals surface area (Å²) in [5.74, 6) is 1.15. The second kappa shape index (κ2) is 6.51. The Bertz CT molecular complexity index is 980. The SMILES string of the molecule is CC(C)N1COc2ccc3c(c2C1)O/C(=C\c1cccc([N+](=O)[O-])c1)C3=O. The Balaban J connectivity index is 1.70. The Hall–Kier alpha value is -3.19. The number of hydrogen-bond donors (Lipinski definition) is 0. The van der Waals surface area contributed by atoms with Gasteiger partial charge in [-0.2, -0.15) is 0 Å². The number of ether oxygens (including phenoxy) is 2. The number of hydrogen-bond acceptors (Lipinski definition) is 6. The molecule has 0 saturated carbocycles. The molecule has 138 valence electrons. The molecule has 0 unspecified atom stereocenters. The Morgan fingerprint density at radius 1 is 1.26 bits per heavy atom. The lowest BCUT2D eigenvalue weighted by Crippen LogP contribution is -2.37. The number of rotatable bonds is 3. The van der Waals surface area contributed by atoms with Crippen molar-refractivity contribution >= 4 is 17.5 Å². The minimum Gasteiger partial charge on any atom is -0.478 e. The number of ketones is 1. The fourth-order valence-electron chi connectivity index (χ4n) is 3.19. The second-order valence-corrected chi connectivity index (χ2v) is 6.82. The van der Waals surface area contributed by atoms with Crippen LogP contribution in [0.3, 0.4) is 0 Å². The highest BCUT2D eigenvalue weighted by Gasteiger charge is 2.34. The van der Waals surface area contributed by atoms with E-state index in [2.05, 4.69) is 18.7 Å². The molecule has 0 aromatic heterocycles. The molecular weight excluding hydrogens is 348 g/mol. The third-order valence-electron chi connectivity index (χ3n) is 4.75. The van der Waals surface area contributed by atoms with E-state index in [1.165, 1.54) is 18.2 Å². The van der Waals surface area contributed by atoms with Crippen molar-refractivity contribution < 1.29 is 19.2 Å². The summed E-state index contributed by atoms with van der Waals surface area (Å²) in [5.41, 5.74) is 1.84. The van der Waals surface area contributed by atoms with Gasteiger partial charge in [0, 0.05) is 24.7 Å². The summed E-state index contributed by atoms with van der Waals surface area (Å²) in [5, 5.41) is 10.9. The van der Waals surface area contributed by atoms with Gasteiger partial charge in [-0.25, -0.2) is 0 Å². The molecule has 0 atom stereocenters. The molecule has 0 bridgehead atoms. The summed E-state index contributed by atoms with van der Waals surface area (Å²) in [4.78, 5) is 25.4. The molecule has 2 aliphatic rings. The van der Waals surface area contributed by atoms with Crippen LogP contribution in [-0.4, -0.2) is 28.4 Å². The molecule has 2 aromatic carbocycles. The van der Waals surface area contributed by atoms with Crippen LogP contribution < -0.4 is 9.47 Å². The number of nitro benzene ring substituents is 1. The van der Waals surface area contributed by atoms with Gasteiger partial charge in [0.25, 0.3) is 5.69 Å². The largest absolute Gasteiger partial charge is 0.478 e. The van der Waals surface area contributed by atoms with Gasteiger partial charge in [-0.05, 0) is 37.6 Å². The van der Waals surface area contributed by atoms with Crippen molar-refractivity contribution in [2.24, 2.45) is 0 Å². The Morgan fingerprint density at radius 3 is 2.81 bits per heavy atom. The minimum atomic E-state index is -0.470. The Labute approximate surface area is 156 Å². The van der Waals surface area contributed by atoms with Crippen molar-refractivity contribution in [1.82, 2.24) is 4.90 Å². The van der Waals surface area contributed by atoms with Gasteiger partial charge in [0.15, 0.2) is 5.76 Å². The maximum atomic E-state index is 12.7. The molecule has 2 aromatic rings. The molecule has 4 rings (SSSR count). The first kappa shape index (κ1) is 17.2. The van der Waals surface area contributed by atoms with Crippen molar-refractivity contribution in [3.63, 3.8) is 0 Å². The van der Waals surface area contributed by atoms with Crippen molar-refractivity contribution in [3.05, 3.63) is 69.0 Å². The van der Waals surface area contributed by atoms with Crippen LogP contribution in [0, 0.1) is 10.1 Å². The monoisotopic (exact) mass is 366 g/mol. The van der Waals surface area contributed by atoms with Gasteiger partial charge in [-0.1, -0.05) is 12.1 Å². The van der Waals surface area contributed by atoms with Crippen LogP contribution in [0.1, 0.15) is 35.3 Å². The third-order valence-corrected chi connectivity index (χ3v) is 4.75. The standard InChI is InChI=1S/C20H18N2O5/c1-12(2)21-10-16-17(26-11-21)7-6-15-19(23)18(27-20(15)16)9-13-4-3-5-14(8-13)22(24)25/h3-9,12H,10-11H2,1-2H3/b18-9-. The van der Waals surface area contributed by atoms with Crippen LogP contribution in [0.5, 0.6) is 11.5 Å². The number of carbonyl (C=O) groups excluding carboxylic acids is 1. The lowest BCUT2D eigenvalue weighted by Gasteiger charge is -2.32. The molecular formula is C20H18N2O5. The predicted octanol–water partition coefficient (Wildman–Crippen LogP) is 3.77. The third kappa shape index (κ3) is 3.06. The van der Waals surface area contributed by atoms with Gasteiger partial charge in [-0.15, -0.1) is 0 Å². The summed E-state index contributed by atoms with van der Waals surface area (Å²) in [6.45, 7) is 5.29. The molecule has 7 heteroatoms. The highest BCUT2D eigenvalue weighted by atomic mass is 16.6. The van der Waals surface area contributed by atoms with E-state index in [0.29, 0.717) is 36.2 Å². The molecule has 0 N–H and O–H groups in total. The maximum absolute atomic E-state index is 12.7. The zero-order chi connectivity index (χ0) is 19.1. The first-order valence-electron chi connectivity index (χ1n) is 8.65. The maximum Gasteiger partial charge on any atom is 0.270 e. The zero-order valence-electron chi connectivity index (χ0n) is 15.0. The summed E-state index contributed by atoms with van der Waals surface area (Å²) in [6.07, 6.45) is 1.53. The van der Waals surface area contributed by atoms with Crippen molar-refractivity contribution in [2.45, 2.75) is 26.4 Å². The molecule has 0 fully saturated rings. The highest BCUT2D eigenvalue weighted by molar-refractivity contribution is 6.15. The molecule has 7 nitrogen and oxygen atoms in total. The molecule has 0 saturated heterocycles. The number of nitrogens with zero attached hydrogens (tertiary/aromatic N) is 2. The smallest absolute Gasteiger partial charge is 0.270 e. The van der Waals surface area contributed by atoms with Gasteiger partial charge in [0.05, 0.1) is 16.1 Å². The first-order valence-corrected chi connectivity index (χ1v) is 8.65. The molecule has 0 aliphatic carbocycles. The van der Waals surface area contributed by atoms with E-state index in [1.54, 1.807) is 24.3 Å². The lowest BCUT2D eigenvalue weighted by atomic mass is 10.0. The number of benzene rings is 2. The number of carbonyl (C=O) groups is 1. The first-order chi connectivity index (χ1) is 12.9. The van der Waals surface area contributed by atoms with Crippen LogP contribution in [0.2, 0.25) is 0 Å². The number of Topliss-reactive ketones (excluding diaryl/α,β-unsaturated/α-hetero) is 1. The van der Waals surface area contributed by atoms with E-state index in [-0.39, 0.29) is 17.2 Å². The Morgan fingerprint density at radius 2 is 2.07 bits per heavy atom. The van der Waals surface area contributed by atoms with Crippen LogP contribution >= 0.6 is 0 Å². The molecule has 0 amide bonds. The molecule has 2 aliphatic heterocycles. The van der Waals surface area contributed by atoms with E-state index < -0.39 is 4.92 Å². The Kier molecular flexibility index (Phi) is 4.16. The molecule has 27 heavy (non-hydrogen) atoms. The topological polar surface area (TPSA) is 81.9 Å². The average Bonchev–Trinajstić information content (AvgIpc) is 2.97. The summed E-state index contributed by atoms with van der Waals surface area (Å²) in [7, 11) is 0. The molecule has 0 spiro atoms.